The number of carbonyl (C=O) groups is 1. The smallest absolute Gasteiger partial charge is 0.311 e. The van der Waals surface area contributed by atoms with Crippen LogP contribution in [0.2, 0.25) is 5.02 Å². The largest absolute Gasteiger partial charge is 0.490 e. The Morgan fingerprint density at radius 1 is 1.19 bits per heavy atom. The summed E-state index contributed by atoms with van der Waals surface area (Å²) in [5.41, 5.74) is 1.48. The highest BCUT2D eigenvalue weighted by Gasteiger charge is 2.19. The number of rotatable bonds is 5. The van der Waals surface area contributed by atoms with Crippen LogP contribution in [0, 0.1) is 15.9 Å². The van der Waals surface area contributed by atoms with Gasteiger partial charge in [0.1, 0.15) is 11.3 Å². The first-order valence-electron chi connectivity index (χ1n) is 8.85. The van der Waals surface area contributed by atoms with E-state index in [1.54, 1.807) is 18.2 Å². The number of aromatic nitrogens is 1. The summed E-state index contributed by atoms with van der Waals surface area (Å²) < 4.78 is 23.9. The SMILES string of the molecule is COc1ccc(C(=O)Nc2ccc3oc(-c4ccc(F)cc4Cl)nc3c2)cc1[N+](=O)[O-]. The summed E-state index contributed by atoms with van der Waals surface area (Å²) in [5.74, 6) is -0.768. The van der Waals surface area contributed by atoms with E-state index in [0.29, 0.717) is 22.4 Å². The van der Waals surface area contributed by atoms with Crippen LogP contribution in [0.3, 0.4) is 0 Å². The molecular weight excluding hydrogens is 429 g/mol. The number of nitro groups is 1. The van der Waals surface area contributed by atoms with E-state index in [9.17, 15) is 19.3 Å². The standard InChI is InChI=1S/C21H13ClFN3O5/c1-30-19-6-2-11(8-17(19)26(28)29)20(27)24-13-4-7-18-16(10-13)25-21(31-18)14-5-3-12(23)9-15(14)22/h2-10H,1H3,(H,24,27). The van der Waals surface area contributed by atoms with E-state index in [4.69, 9.17) is 20.8 Å². The van der Waals surface area contributed by atoms with Gasteiger partial charge in [0.15, 0.2) is 11.3 Å². The van der Waals surface area contributed by atoms with Crippen LogP contribution < -0.4 is 10.1 Å². The summed E-state index contributed by atoms with van der Waals surface area (Å²) >= 11 is 6.06. The Kier molecular flexibility index (Phi) is 5.26. The number of methoxy groups -OCH3 is 1. The third kappa shape index (κ3) is 4.03. The molecular formula is C21H13ClFN3O5. The number of amides is 1. The third-order valence-electron chi connectivity index (χ3n) is 4.44. The molecule has 0 unspecified atom stereocenters. The highest BCUT2D eigenvalue weighted by molar-refractivity contribution is 6.33. The lowest BCUT2D eigenvalue weighted by Gasteiger charge is -2.06. The molecule has 0 spiro atoms. The highest BCUT2D eigenvalue weighted by Crippen LogP contribution is 2.32. The second-order valence-electron chi connectivity index (χ2n) is 6.42. The molecule has 1 heterocycles. The summed E-state index contributed by atoms with van der Waals surface area (Å²) in [6.07, 6.45) is 0. The van der Waals surface area contributed by atoms with Crippen LogP contribution in [-0.4, -0.2) is 22.9 Å². The minimum atomic E-state index is -0.626. The van der Waals surface area contributed by atoms with E-state index in [2.05, 4.69) is 10.3 Å². The van der Waals surface area contributed by atoms with Gasteiger partial charge in [0.2, 0.25) is 5.89 Å². The number of fused-ring (bicyclic) bond motifs is 1. The van der Waals surface area contributed by atoms with Crippen LogP contribution in [0.5, 0.6) is 5.75 Å². The van der Waals surface area contributed by atoms with Crippen molar-refractivity contribution in [1.82, 2.24) is 4.98 Å². The van der Waals surface area contributed by atoms with Crippen molar-refractivity contribution in [2.75, 3.05) is 12.4 Å². The van der Waals surface area contributed by atoms with Gasteiger partial charge in [-0.05, 0) is 48.5 Å². The average molecular weight is 442 g/mol. The van der Waals surface area contributed by atoms with Gasteiger partial charge < -0.3 is 14.5 Å². The van der Waals surface area contributed by atoms with Gasteiger partial charge in [0, 0.05) is 17.3 Å². The van der Waals surface area contributed by atoms with Crippen LogP contribution in [0.25, 0.3) is 22.6 Å². The Morgan fingerprint density at radius 2 is 2.00 bits per heavy atom. The number of oxazole rings is 1. The molecule has 0 atom stereocenters. The Labute approximate surface area is 179 Å². The summed E-state index contributed by atoms with van der Waals surface area (Å²) in [5, 5.41) is 14.0. The van der Waals surface area contributed by atoms with Crippen LogP contribution in [0.4, 0.5) is 15.8 Å². The summed E-state index contributed by atoms with van der Waals surface area (Å²) in [6, 6.07) is 12.6. The lowest BCUT2D eigenvalue weighted by Crippen LogP contribution is -2.12. The van der Waals surface area contributed by atoms with Crippen molar-refractivity contribution < 1.29 is 23.3 Å². The van der Waals surface area contributed by atoms with Gasteiger partial charge in [0.25, 0.3) is 5.91 Å². The molecule has 8 nitrogen and oxygen atoms in total. The van der Waals surface area contributed by atoms with E-state index in [1.807, 2.05) is 0 Å². The van der Waals surface area contributed by atoms with Crippen molar-refractivity contribution in [3.05, 3.63) is 81.1 Å². The minimum Gasteiger partial charge on any atom is -0.490 e. The number of benzene rings is 3. The van der Waals surface area contributed by atoms with Crippen LogP contribution >= 0.6 is 11.6 Å². The van der Waals surface area contributed by atoms with E-state index < -0.39 is 16.6 Å². The molecule has 0 fully saturated rings. The number of ether oxygens (including phenoxy) is 1. The second-order valence-corrected chi connectivity index (χ2v) is 6.83. The maximum atomic E-state index is 13.3. The molecule has 10 heteroatoms. The molecule has 0 aliphatic rings. The van der Waals surface area contributed by atoms with Gasteiger partial charge in [-0.15, -0.1) is 0 Å². The molecule has 4 rings (SSSR count). The molecule has 1 N–H and O–H groups in total. The fourth-order valence-electron chi connectivity index (χ4n) is 2.96. The highest BCUT2D eigenvalue weighted by atomic mass is 35.5. The van der Waals surface area contributed by atoms with E-state index in [0.717, 1.165) is 12.1 Å². The van der Waals surface area contributed by atoms with Gasteiger partial charge >= 0.3 is 5.69 Å². The molecule has 3 aromatic carbocycles. The van der Waals surface area contributed by atoms with Crippen LogP contribution in [-0.2, 0) is 0 Å². The molecule has 0 bridgehead atoms. The maximum absolute atomic E-state index is 13.3. The summed E-state index contributed by atoms with van der Waals surface area (Å²) in [7, 11) is 1.31. The Hall–Kier alpha value is -3.98. The number of nitro benzene ring substituents is 1. The van der Waals surface area contributed by atoms with E-state index >= 15 is 0 Å². The molecule has 156 valence electrons. The zero-order chi connectivity index (χ0) is 22.1. The first-order valence-corrected chi connectivity index (χ1v) is 9.23. The number of anilines is 1. The number of hydrogen-bond donors (Lipinski definition) is 1. The first kappa shape index (κ1) is 20.3. The molecule has 31 heavy (non-hydrogen) atoms. The topological polar surface area (TPSA) is 108 Å². The molecule has 0 radical (unpaired) electrons. The lowest BCUT2D eigenvalue weighted by atomic mass is 10.1. The van der Waals surface area contributed by atoms with Gasteiger partial charge in [-0.1, -0.05) is 11.6 Å². The normalized spacial score (nSPS) is 10.8. The molecule has 0 saturated carbocycles. The number of halogens is 2. The zero-order valence-electron chi connectivity index (χ0n) is 15.9. The van der Waals surface area contributed by atoms with Gasteiger partial charge in [-0.2, -0.15) is 0 Å². The summed E-state index contributed by atoms with van der Waals surface area (Å²) in [6.45, 7) is 0. The third-order valence-corrected chi connectivity index (χ3v) is 4.76. The van der Waals surface area contributed by atoms with Gasteiger partial charge in [-0.3, -0.25) is 14.9 Å². The number of nitrogens with one attached hydrogen (secondary N) is 1. The predicted molar refractivity (Wildman–Crippen MR) is 112 cm³/mol. The Bertz CT molecular complexity index is 1340. The van der Waals surface area contributed by atoms with Crippen LogP contribution in [0.15, 0.2) is 59.0 Å². The van der Waals surface area contributed by atoms with Crippen molar-refractivity contribution in [2.45, 2.75) is 0 Å². The predicted octanol–water partition coefficient (Wildman–Crippen LogP) is 5.46. The van der Waals surface area contributed by atoms with E-state index in [1.165, 1.54) is 31.4 Å². The number of nitrogens with zero attached hydrogens (tertiary/aromatic N) is 2. The van der Waals surface area contributed by atoms with Crippen molar-refractivity contribution in [3.63, 3.8) is 0 Å². The zero-order valence-corrected chi connectivity index (χ0v) is 16.6. The number of carbonyl (C=O) groups excluding carboxylic acids is 1. The van der Waals surface area contributed by atoms with Crippen molar-refractivity contribution in [1.29, 1.82) is 0 Å². The first-order chi connectivity index (χ1) is 14.9. The monoisotopic (exact) mass is 441 g/mol. The lowest BCUT2D eigenvalue weighted by molar-refractivity contribution is -0.385. The van der Waals surface area contributed by atoms with Gasteiger partial charge in [0.05, 0.1) is 22.6 Å². The van der Waals surface area contributed by atoms with E-state index in [-0.39, 0.29) is 27.9 Å². The average Bonchev–Trinajstić information content (AvgIpc) is 3.16. The number of hydrogen-bond acceptors (Lipinski definition) is 6. The Balaban J connectivity index is 1.61. The van der Waals surface area contributed by atoms with Crippen LogP contribution in [0.1, 0.15) is 10.4 Å². The molecule has 1 amide bonds. The fourth-order valence-corrected chi connectivity index (χ4v) is 3.21. The van der Waals surface area contributed by atoms with Crippen molar-refractivity contribution in [3.8, 4) is 17.2 Å². The van der Waals surface area contributed by atoms with Crippen molar-refractivity contribution in [2.24, 2.45) is 0 Å². The molecule has 0 saturated heterocycles. The Morgan fingerprint density at radius 3 is 2.71 bits per heavy atom. The summed E-state index contributed by atoms with van der Waals surface area (Å²) in [4.78, 5) is 27.4. The minimum absolute atomic E-state index is 0.0533. The molecule has 1 aromatic heterocycles. The molecule has 0 aliphatic heterocycles. The fraction of sp³-hybridized carbons (Fsp3) is 0.0476. The molecule has 4 aromatic rings. The molecule has 0 aliphatic carbocycles. The maximum Gasteiger partial charge on any atom is 0.311 e. The quantitative estimate of drug-likeness (QED) is 0.325. The van der Waals surface area contributed by atoms with Gasteiger partial charge in [-0.25, -0.2) is 9.37 Å². The van der Waals surface area contributed by atoms with Crippen molar-refractivity contribution >= 4 is 40.0 Å². The second kappa shape index (κ2) is 8.04.